The number of rotatable bonds is 9. The fourth-order valence-electron chi connectivity index (χ4n) is 4.04. The first-order valence-corrected chi connectivity index (χ1v) is 11.0. The molecular formula is C26H28N2O5. The third kappa shape index (κ3) is 4.93. The topological polar surface area (TPSA) is 88.1 Å². The molecule has 0 aliphatic carbocycles. The number of aliphatic hydroxyl groups excluding tert-OH is 1. The molecule has 2 atom stereocenters. The smallest absolute Gasteiger partial charge is 0.325 e. The highest BCUT2D eigenvalue weighted by atomic mass is 16.5. The number of hydrogen-bond acceptors (Lipinski definition) is 5. The zero-order valence-corrected chi connectivity index (χ0v) is 18.8. The number of aryl methyl sites for hydroxylation is 1. The van der Waals surface area contributed by atoms with Gasteiger partial charge in [0.25, 0.3) is 5.91 Å². The molecule has 172 valence electrons. The summed E-state index contributed by atoms with van der Waals surface area (Å²) in [5.74, 6) is 1.07. The Morgan fingerprint density at radius 3 is 2.52 bits per heavy atom. The van der Waals surface area contributed by atoms with Crippen molar-refractivity contribution in [1.29, 1.82) is 0 Å². The molecule has 0 aromatic heterocycles. The first-order valence-electron chi connectivity index (χ1n) is 11.0. The van der Waals surface area contributed by atoms with Crippen molar-refractivity contribution in [3.8, 4) is 11.5 Å². The van der Waals surface area contributed by atoms with E-state index in [-0.39, 0.29) is 19.1 Å². The number of fused-ring (bicyclic) bond motifs is 1. The van der Waals surface area contributed by atoms with Crippen molar-refractivity contribution >= 4 is 22.7 Å². The van der Waals surface area contributed by atoms with E-state index in [0.717, 1.165) is 27.0 Å². The lowest BCUT2D eigenvalue weighted by Crippen LogP contribution is -2.45. The van der Waals surface area contributed by atoms with Crippen LogP contribution in [0.25, 0.3) is 10.8 Å². The van der Waals surface area contributed by atoms with E-state index in [4.69, 9.17) is 9.47 Å². The summed E-state index contributed by atoms with van der Waals surface area (Å²) in [6.07, 6.45) is 0.0541. The van der Waals surface area contributed by atoms with Crippen molar-refractivity contribution in [2.75, 3.05) is 20.3 Å². The number of nitrogens with zero attached hydrogens (tertiary/aromatic N) is 1. The number of methoxy groups -OCH3 is 1. The van der Waals surface area contributed by atoms with Crippen LogP contribution < -0.4 is 14.8 Å². The van der Waals surface area contributed by atoms with Crippen molar-refractivity contribution < 1.29 is 24.2 Å². The molecule has 3 amide bonds. The zero-order valence-electron chi connectivity index (χ0n) is 18.8. The number of aliphatic hydroxyl groups is 1. The van der Waals surface area contributed by atoms with Crippen LogP contribution in [0.5, 0.6) is 11.5 Å². The lowest BCUT2D eigenvalue weighted by atomic mass is 9.93. The highest BCUT2D eigenvalue weighted by Crippen LogP contribution is 2.26. The number of benzene rings is 3. The number of carbonyl (C=O) groups is 2. The summed E-state index contributed by atoms with van der Waals surface area (Å²) in [6.45, 7) is 1.55. The van der Waals surface area contributed by atoms with Crippen LogP contribution in [-0.4, -0.2) is 53.8 Å². The molecule has 1 aliphatic heterocycles. The standard InChI is InChI=1S/C26H28N2O5/c1-26(15-14-18-10-12-21(32-2)13-11-18)24(30)28(25(31)27-26)16-20(29)17-33-23-9-5-7-19-6-3-4-8-22(19)23/h3-13,20,29H,14-17H2,1-2H3,(H,27,31). The van der Waals surface area contributed by atoms with Gasteiger partial charge in [0.1, 0.15) is 29.7 Å². The van der Waals surface area contributed by atoms with E-state index in [1.165, 1.54) is 0 Å². The number of hydrogen-bond donors (Lipinski definition) is 2. The molecule has 2 unspecified atom stereocenters. The number of β-amino-alcohol motifs (C(OH)–C–C–N with tert-alkyl or cyclic N) is 1. The summed E-state index contributed by atoms with van der Waals surface area (Å²) in [4.78, 5) is 26.6. The van der Waals surface area contributed by atoms with Crippen LogP contribution in [0.1, 0.15) is 18.9 Å². The molecule has 3 aromatic rings. The Hall–Kier alpha value is -3.58. The molecule has 1 aliphatic rings. The molecule has 0 radical (unpaired) electrons. The molecule has 1 saturated heterocycles. The number of urea groups is 1. The average molecular weight is 449 g/mol. The van der Waals surface area contributed by atoms with E-state index in [9.17, 15) is 14.7 Å². The maximum Gasteiger partial charge on any atom is 0.325 e. The number of ether oxygens (including phenoxy) is 2. The SMILES string of the molecule is COc1ccc(CCC2(C)NC(=O)N(CC(O)COc3cccc4ccccc34)C2=O)cc1. The van der Waals surface area contributed by atoms with E-state index in [1.807, 2.05) is 66.7 Å². The van der Waals surface area contributed by atoms with Crippen molar-refractivity contribution in [3.05, 3.63) is 72.3 Å². The first-order chi connectivity index (χ1) is 15.9. The largest absolute Gasteiger partial charge is 0.497 e. The monoisotopic (exact) mass is 448 g/mol. The number of carbonyl (C=O) groups excluding carboxylic acids is 2. The van der Waals surface area contributed by atoms with Crippen molar-refractivity contribution in [3.63, 3.8) is 0 Å². The van der Waals surface area contributed by atoms with Gasteiger partial charge >= 0.3 is 6.03 Å². The molecule has 7 heteroatoms. The third-order valence-electron chi connectivity index (χ3n) is 5.99. The molecule has 33 heavy (non-hydrogen) atoms. The molecule has 0 saturated carbocycles. The summed E-state index contributed by atoms with van der Waals surface area (Å²) in [5.41, 5.74) is 0.0220. The van der Waals surface area contributed by atoms with Gasteiger partial charge in [-0.25, -0.2) is 4.79 Å². The molecule has 0 spiro atoms. The van der Waals surface area contributed by atoms with Gasteiger partial charge in [-0.2, -0.15) is 0 Å². The van der Waals surface area contributed by atoms with Gasteiger partial charge in [-0.05, 0) is 48.9 Å². The van der Waals surface area contributed by atoms with E-state index in [2.05, 4.69) is 5.32 Å². The minimum Gasteiger partial charge on any atom is -0.497 e. The highest BCUT2D eigenvalue weighted by Gasteiger charge is 2.47. The summed E-state index contributed by atoms with van der Waals surface area (Å²) < 4.78 is 11.0. The summed E-state index contributed by atoms with van der Waals surface area (Å²) >= 11 is 0. The fourth-order valence-corrected chi connectivity index (χ4v) is 4.04. The van der Waals surface area contributed by atoms with Crippen molar-refractivity contribution in [2.45, 2.75) is 31.4 Å². The maximum atomic E-state index is 13.0. The summed E-state index contributed by atoms with van der Waals surface area (Å²) in [6, 6.07) is 20.6. The minimum atomic E-state index is -1.02. The first kappa shape index (κ1) is 22.6. The van der Waals surface area contributed by atoms with Gasteiger partial charge in [0.05, 0.1) is 13.7 Å². The predicted molar refractivity (Wildman–Crippen MR) is 125 cm³/mol. The summed E-state index contributed by atoms with van der Waals surface area (Å²) in [7, 11) is 1.61. The quantitative estimate of drug-likeness (QED) is 0.489. The second-order valence-electron chi connectivity index (χ2n) is 8.47. The lowest BCUT2D eigenvalue weighted by Gasteiger charge is -2.23. The summed E-state index contributed by atoms with van der Waals surface area (Å²) in [5, 5.41) is 15.3. The van der Waals surface area contributed by atoms with Crippen molar-refractivity contribution in [1.82, 2.24) is 10.2 Å². The van der Waals surface area contributed by atoms with Crippen LogP contribution >= 0.6 is 0 Å². The van der Waals surface area contributed by atoms with Crippen LogP contribution in [0.3, 0.4) is 0 Å². The number of amides is 3. The fraction of sp³-hybridized carbons (Fsp3) is 0.308. The van der Waals surface area contributed by atoms with Gasteiger partial charge < -0.3 is 19.9 Å². The maximum absolute atomic E-state index is 13.0. The number of nitrogens with one attached hydrogen (secondary N) is 1. The van der Waals surface area contributed by atoms with Crippen LogP contribution in [0.2, 0.25) is 0 Å². The molecule has 0 bridgehead atoms. The Morgan fingerprint density at radius 2 is 1.76 bits per heavy atom. The molecule has 2 N–H and O–H groups in total. The Balaban J connectivity index is 1.34. The predicted octanol–water partition coefficient (Wildman–Crippen LogP) is 3.53. The highest BCUT2D eigenvalue weighted by molar-refractivity contribution is 6.06. The van der Waals surface area contributed by atoms with Gasteiger partial charge in [-0.15, -0.1) is 0 Å². The van der Waals surface area contributed by atoms with Crippen LogP contribution in [0.15, 0.2) is 66.7 Å². The molecule has 3 aromatic carbocycles. The second kappa shape index (κ2) is 9.50. The van der Waals surface area contributed by atoms with Gasteiger partial charge in [-0.3, -0.25) is 9.69 Å². The van der Waals surface area contributed by atoms with Crippen LogP contribution in [-0.2, 0) is 11.2 Å². The van der Waals surface area contributed by atoms with Gasteiger partial charge in [-0.1, -0.05) is 48.5 Å². The van der Waals surface area contributed by atoms with Gasteiger partial charge in [0, 0.05) is 5.39 Å². The number of imide groups is 1. The van der Waals surface area contributed by atoms with Gasteiger partial charge in [0.15, 0.2) is 0 Å². The van der Waals surface area contributed by atoms with Gasteiger partial charge in [0.2, 0.25) is 0 Å². The van der Waals surface area contributed by atoms with Crippen LogP contribution in [0, 0.1) is 0 Å². The average Bonchev–Trinajstić information content (AvgIpc) is 3.05. The second-order valence-corrected chi connectivity index (χ2v) is 8.47. The lowest BCUT2D eigenvalue weighted by molar-refractivity contribution is -0.132. The normalized spacial score (nSPS) is 18.9. The molecular weight excluding hydrogens is 420 g/mol. The Morgan fingerprint density at radius 1 is 1.03 bits per heavy atom. The minimum absolute atomic E-state index is 0.0341. The molecule has 1 fully saturated rings. The van der Waals surface area contributed by atoms with E-state index in [1.54, 1.807) is 14.0 Å². The molecule has 1 heterocycles. The van der Waals surface area contributed by atoms with Crippen molar-refractivity contribution in [2.24, 2.45) is 0 Å². The molecule has 4 rings (SSSR count). The van der Waals surface area contributed by atoms with E-state index >= 15 is 0 Å². The van der Waals surface area contributed by atoms with E-state index in [0.29, 0.717) is 18.6 Å². The Bertz CT molecular complexity index is 1140. The third-order valence-corrected chi connectivity index (χ3v) is 5.99. The Labute approximate surface area is 192 Å². The Kier molecular flexibility index (Phi) is 6.51. The van der Waals surface area contributed by atoms with Crippen LogP contribution in [0.4, 0.5) is 4.79 Å². The molecule has 7 nitrogen and oxygen atoms in total. The van der Waals surface area contributed by atoms with E-state index < -0.39 is 17.7 Å². The zero-order chi connectivity index (χ0) is 23.4.